The van der Waals surface area contributed by atoms with Crippen LogP contribution in [0.2, 0.25) is 0 Å². The summed E-state index contributed by atoms with van der Waals surface area (Å²) in [5.74, 6) is 2.44. The molecule has 0 N–H and O–H groups in total. The van der Waals surface area contributed by atoms with Crippen molar-refractivity contribution < 1.29 is 4.42 Å². The van der Waals surface area contributed by atoms with Crippen molar-refractivity contribution in [3.05, 3.63) is 65.8 Å². The molecule has 4 nitrogen and oxygen atoms in total. The van der Waals surface area contributed by atoms with Crippen LogP contribution in [0.1, 0.15) is 56.5 Å². The summed E-state index contributed by atoms with van der Waals surface area (Å²) in [6, 6.07) is 12.7. The number of hydrogen-bond donors (Lipinski definition) is 0. The largest absolute Gasteiger partial charge is 0.441 e. The number of aromatic nitrogens is 3. The van der Waals surface area contributed by atoms with E-state index in [2.05, 4.69) is 72.7 Å². The predicted octanol–water partition coefficient (Wildman–Crippen LogP) is 6.24. The molecule has 138 valence electrons. The first-order valence-corrected chi connectivity index (χ1v) is 9.49. The van der Waals surface area contributed by atoms with Crippen molar-refractivity contribution in [3.8, 4) is 17.1 Å². The topological polar surface area (TPSA) is 43.9 Å². The summed E-state index contributed by atoms with van der Waals surface area (Å²) in [6.07, 6.45) is 3.92. The lowest BCUT2D eigenvalue weighted by atomic mass is 9.92. The Bertz CT molecular complexity index is 1080. The highest BCUT2D eigenvalue weighted by Gasteiger charge is 2.19. The monoisotopic (exact) mass is 359 g/mol. The molecule has 27 heavy (non-hydrogen) atoms. The second-order valence-corrected chi connectivity index (χ2v) is 7.63. The maximum Gasteiger partial charge on any atom is 0.192 e. The molecule has 0 unspecified atom stereocenters. The predicted molar refractivity (Wildman–Crippen MR) is 109 cm³/mol. The minimum absolute atomic E-state index is 0.424. The van der Waals surface area contributed by atoms with Gasteiger partial charge in [-0.2, -0.15) is 0 Å². The van der Waals surface area contributed by atoms with Gasteiger partial charge in [-0.3, -0.25) is 4.57 Å². The van der Waals surface area contributed by atoms with Crippen LogP contribution in [0.15, 0.2) is 53.2 Å². The molecule has 2 aromatic carbocycles. The summed E-state index contributed by atoms with van der Waals surface area (Å²) in [5, 5.41) is 0. The second kappa shape index (κ2) is 6.69. The third kappa shape index (κ3) is 3.05. The van der Waals surface area contributed by atoms with Gasteiger partial charge in [-0.15, -0.1) is 0 Å². The smallest absolute Gasteiger partial charge is 0.192 e. The lowest BCUT2D eigenvalue weighted by Gasteiger charge is -2.21. The Balaban J connectivity index is 1.94. The maximum atomic E-state index is 5.73. The zero-order valence-electron chi connectivity index (χ0n) is 16.5. The molecule has 0 atom stereocenters. The van der Waals surface area contributed by atoms with Crippen LogP contribution < -0.4 is 0 Å². The molecule has 0 aliphatic heterocycles. The molecule has 4 aromatic rings. The van der Waals surface area contributed by atoms with E-state index >= 15 is 0 Å². The molecule has 2 aromatic heterocycles. The van der Waals surface area contributed by atoms with E-state index in [-0.39, 0.29) is 0 Å². The number of para-hydroxylation sites is 1. The molecule has 4 rings (SSSR count). The number of aryl methyl sites for hydroxylation is 1. The van der Waals surface area contributed by atoms with Gasteiger partial charge in [0.05, 0.1) is 5.69 Å². The Hall–Kier alpha value is -2.88. The van der Waals surface area contributed by atoms with Gasteiger partial charge >= 0.3 is 0 Å². The van der Waals surface area contributed by atoms with Gasteiger partial charge in [0.2, 0.25) is 0 Å². The lowest BCUT2D eigenvalue weighted by molar-refractivity contribution is 0.561. The van der Waals surface area contributed by atoms with Gasteiger partial charge in [0.25, 0.3) is 0 Å². The Morgan fingerprint density at radius 3 is 2.33 bits per heavy atom. The first-order chi connectivity index (χ1) is 13.0. The number of hydrogen-bond acceptors (Lipinski definition) is 3. The molecule has 0 radical (unpaired) electrons. The van der Waals surface area contributed by atoms with Crippen LogP contribution in [0, 0.1) is 6.92 Å². The van der Waals surface area contributed by atoms with E-state index in [9.17, 15) is 0 Å². The number of fused-ring (bicyclic) bond motifs is 1. The van der Waals surface area contributed by atoms with Crippen molar-refractivity contribution in [2.75, 3.05) is 0 Å². The molecule has 0 amide bonds. The molecule has 0 fully saturated rings. The lowest BCUT2D eigenvalue weighted by Crippen LogP contribution is -2.07. The molecule has 0 aliphatic rings. The SMILES string of the molecule is Cc1nc2ccc(-c3nccn3-c3c(C(C)C)cccc3C(C)C)cc2o1. The molecule has 0 bridgehead atoms. The summed E-state index contributed by atoms with van der Waals surface area (Å²) in [4.78, 5) is 9.08. The van der Waals surface area contributed by atoms with Gasteiger partial charge in [0, 0.05) is 24.9 Å². The second-order valence-electron chi connectivity index (χ2n) is 7.63. The Labute approximate surface area is 159 Å². The minimum atomic E-state index is 0.424. The van der Waals surface area contributed by atoms with Crippen molar-refractivity contribution in [1.82, 2.24) is 14.5 Å². The summed E-state index contributed by atoms with van der Waals surface area (Å²) in [7, 11) is 0. The van der Waals surface area contributed by atoms with Crippen molar-refractivity contribution in [2.45, 2.75) is 46.5 Å². The summed E-state index contributed by atoms with van der Waals surface area (Å²) in [6.45, 7) is 10.8. The number of nitrogens with zero attached hydrogens (tertiary/aromatic N) is 3. The van der Waals surface area contributed by atoms with Crippen LogP contribution in [0.5, 0.6) is 0 Å². The van der Waals surface area contributed by atoms with Gasteiger partial charge in [-0.05, 0) is 41.2 Å². The van der Waals surface area contributed by atoms with Crippen LogP contribution in [0.3, 0.4) is 0 Å². The van der Waals surface area contributed by atoms with E-state index in [0.717, 1.165) is 22.5 Å². The van der Waals surface area contributed by atoms with Crippen LogP contribution >= 0.6 is 0 Å². The summed E-state index contributed by atoms with van der Waals surface area (Å²) in [5.41, 5.74) is 6.59. The Kier molecular flexibility index (Phi) is 4.34. The molecule has 0 saturated heterocycles. The highest BCUT2D eigenvalue weighted by atomic mass is 16.3. The van der Waals surface area contributed by atoms with Crippen LogP contribution in [0.25, 0.3) is 28.2 Å². The van der Waals surface area contributed by atoms with E-state index in [1.807, 2.05) is 25.3 Å². The standard InChI is InChI=1S/C23H25N3O/c1-14(2)18-7-6-8-19(15(3)4)22(18)26-12-11-24-23(26)17-9-10-20-21(13-17)27-16(5)25-20/h6-15H,1-5H3. The first kappa shape index (κ1) is 17.5. The minimum Gasteiger partial charge on any atom is -0.441 e. The molecule has 4 heteroatoms. The third-order valence-electron chi connectivity index (χ3n) is 4.98. The average molecular weight is 359 g/mol. The number of oxazole rings is 1. The van der Waals surface area contributed by atoms with E-state index in [4.69, 9.17) is 4.42 Å². The summed E-state index contributed by atoms with van der Waals surface area (Å²) < 4.78 is 7.95. The highest BCUT2D eigenvalue weighted by Crippen LogP contribution is 2.34. The van der Waals surface area contributed by atoms with Gasteiger partial charge in [0.1, 0.15) is 11.3 Å². The fourth-order valence-corrected chi connectivity index (χ4v) is 3.67. The van der Waals surface area contributed by atoms with E-state index < -0.39 is 0 Å². The highest BCUT2D eigenvalue weighted by molar-refractivity contribution is 5.79. The van der Waals surface area contributed by atoms with E-state index in [0.29, 0.717) is 17.7 Å². The van der Waals surface area contributed by atoms with Crippen molar-refractivity contribution in [1.29, 1.82) is 0 Å². The fraction of sp³-hybridized carbons (Fsp3) is 0.304. The van der Waals surface area contributed by atoms with Gasteiger partial charge in [-0.25, -0.2) is 9.97 Å². The number of imidazole rings is 1. The van der Waals surface area contributed by atoms with E-state index in [1.54, 1.807) is 0 Å². The van der Waals surface area contributed by atoms with Gasteiger partial charge < -0.3 is 4.42 Å². The zero-order chi connectivity index (χ0) is 19.1. The zero-order valence-corrected chi connectivity index (χ0v) is 16.5. The quantitative estimate of drug-likeness (QED) is 0.433. The molecule has 2 heterocycles. The van der Waals surface area contributed by atoms with Gasteiger partial charge in [-0.1, -0.05) is 45.9 Å². The molecule has 0 spiro atoms. The van der Waals surface area contributed by atoms with Crippen molar-refractivity contribution in [3.63, 3.8) is 0 Å². The Morgan fingerprint density at radius 2 is 1.67 bits per heavy atom. The number of rotatable bonds is 4. The van der Waals surface area contributed by atoms with Crippen molar-refractivity contribution in [2.24, 2.45) is 0 Å². The molecular formula is C23H25N3O. The first-order valence-electron chi connectivity index (χ1n) is 9.49. The van der Waals surface area contributed by atoms with Crippen LogP contribution in [-0.4, -0.2) is 14.5 Å². The number of benzene rings is 2. The normalized spacial score (nSPS) is 11.8. The van der Waals surface area contributed by atoms with E-state index in [1.165, 1.54) is 16.8 Å². The molecule has 0 aliphatic carbocycles. The van der Waals surface area contributed by atoms with Crippen molar-refractivity contribution >= 4 is 11.1 Å². The van der Waals surface area contributed by atoms with Crippen LogP contribution in [0.4, 0.5) is 0 Å². The maximum absolute atomic E-state index is 5.73. The fourth-order valence-electron chi connectivity index (χ4n) is 3.67. The third-order valence-corrected chi connectivity index (χ3v) is 4.98. The molecular weight excluding hydrogens is 334 g/mol. The Morgan fingerprint density at radius 1 is 0.963 bits per heavy atom. The molecule has 0 saturated carbocycles. The average Bonchev–Trinajstić information content (AvgIpc) is 3.25. The van der Waals surface area contributed by atoms with Gasteiger partial charge in [0.15, 0.2) is 11.5 Å². The summed E-state index contributed by atoms with van der Waals surface area (Å²) >= 11 is 0. The van der Waals surface area contributed by atoms with Crippen LogP contribution in [-0.2, 0) is 0 Å².